The van der Waals surface area contributed by atoms with Gasteiger partial charge in [0, 0.05) is 18.2 Å². The molecule has 0 aromatic heterocycles. The molecule has 0 aliphatic rings. The number of nitrogens with zero attached hydrogens (tertiary/aromatic N) is 1. The van der Waals surface area contributed by atoms with Crippen molar-refractivity contribution < 1.29 is 18.7 Å². The summed E-state index contributed by atoms with van der Waals surface area (Å²) >= 11 is 0. The van der Waals surface area contributed by atoms with Crippen LogP contribution in [0.3, 0.4) is 0 Å². The Morgan fingerprint density at radius 3 is 2.43 bits per heavy atom. The molecule has 0 unspecified atom stereocenters. The van der Waals surface area contributed by atoms with Gasteiger partial charge in [-0.3, -0.25) is 9.59 Å². The molecule has 2 rings (SSSR count). The highest BCUT2D eigenvalue weighted by Crippen LogP contribution is 2.18. The van der Waals surface area contributed by atoms with Crippen LogP contribution in [-0.4, -0.2) is 35.4 Å². The number of halogens is 1. The fourth-order valence-electron chi connectivity index (χ4n) is 2.89. The van der Waals surface area contributed by atoms with Gasteiger partial charge in [-0.2, -0.15) is 0 Å². The van der Waals surface area contributed by atoms with Crippen LogP contribution in [0, 0.1) is 19.7 Å². The van der Waals surface area contributed by atoms with Gasteiger partial charge < -0.3 is 15.0 Å². The minimum Gasteiger partial charge on any atom is -0.484 e. The van der Waals surface area contributed by atoms with E-state index in [4.69, 9.17) is 4.74 Å². The number of nitrogens with one attached hydrogen (secondary N) is 1. The molecule has 6 heteroatoms. The van der Waals surface area contributed by atoms with E-state index < -0.39 is 11.9 Å². The maximum Gasteiger partial charge on any atom is 0.261 e. The third kappa shape index (κ3) is 6.31. The summed E-state index contributed by atoms with van der Waals surface area (Å²) in [6.07, 6.45) is 0.773. The van der Waals surface area contributed by atoms with E-state index in [0.29, 0.717) is 11.3 Å². The average molecular weight is 415 g/mol. The van der Waals surface area contributed by atoms with Crippen molar-refractivity contribution in [3.63, 3.8) is 0 Å². The molecule has 0 saturated heterocycles. The monoisotopic (exact) mass is 414 g/mol. The van der Waals surface area contributed by atoms with E-state index in [1.54, 1.807) is 31.2 Å². The largest absolute Gasteiger partial charge is 0.484 e. The van der Waals surface area contributed by atoms with Gasteiger partial charge in [0.25, 0.3) is 5.91 Å². The molecule has 2 atom stereocenters. The summed E-state index contributed by atoms with van der Waals surface area (Å²) in [6, 6.07) is 11.1. The Morgan fingerprint density at radius 2 is 1.80 bits per heavy atom. The van der Waals surface area contributed by atoms with Crippen LogP contribution in [0.25, 0.3) is 0 Å². The van der Waals surface area contributed by atoms with Gasteiger partial charge in [0.1, 0.15) is 17.6 Å². The maximum atomic E-state index is 14.2. The van der Waals surface area contributed by atoms with Crippen molar-refractivity contribution in [1.82, 2.24) is 10.2 Å². The van der Waals surface area contributed by atoms with Crippen LogP contribution in [0.5, 0.6) is 5.75 Å². The van der Waals surface area contributed by atoms with Crippen molar-refractivity contribution in [2.24, 2.45) is 0 Å². The summed E-state index contributed by atoms with van der Waals surface area (Å²) in [5.41, 5.74) is 2.54. The Labute approximate surface area is 178 Å². The van der Waals surface area contributed by atoms with E-state index in [0.717, 1.165) is 17.5 Å². The average Bonchev–Trinajstić information content (AvgIpc) is 2.73. The highest BCUT2D eigenvalue weighted by atomic mass is 19.1. The lowest BCUT2D eigenvalue weighted by atomic mass is 10.1. The molecule has 0 aliphatic carbocycles. The predicted octanol–water partition coefficient (Wildman–Crippen LogP) is 4.15. The zero-order valence-corrected chi connectivity index (χ0v) is 18.4. The predicted molar refractivity (Wildman–Crippen MR) is 116 cm³/mol. The molecular weight excluding hydrogens is 383 g/mol. The zero-order valence-electron chi connectivity index (χ0n) is 18.4. The van der Waals surface area contributed by atoms with Gasteiger partial charge in [0.15, 0.2) is 6.61 Å². The van der Waals surface area contributed by atoms with Gasteiger partial charge in [0.05, 0.1) is 0 Å². The third-order valence-corrected chi connectivity index (χ3v) is 5.31. The molecule has 2 aromatic rings. The maximum absolute atomic E-state index is 14.2. The van der Waals surface area contributed by atoms with Gasteiger partial charge in [-0.05, 0) is 63.4 Å². The van der Waals surface area contributed by atoms with Crippen LogP contribution in [0.15, 0.2) is 42.5 Å². The summed E-state index contributed by atoms with van der Waals surface area (Å²) in [6.45, 7) is 9.22. The fraction of sp³-hybridized carbons (Fsp3) is 0.417. The number of hydrogen-bond donors (Lipinski definition) is 1. The molecule has 30 heavy (non-hydrogen) atoms. The number of rotatable bonds is 9. The van der Waals surface area contributed by atoms with Crippen molar-refractivity contribution in [3.05, 3.63) is 65.0 Å². The first-order valence-corrected chi connectivity index (χ1v) is 10.3. The van der Waals surface area contributed by atoms with E-state index >= 15 is 0 Å². The highest BCUT2D eigenvalue weighted by molar-refractivity contribution is 5.88. The molecule has 0 aliphatic heterocycles. The third-order valence-electron chi connectivity index (χ3n) is 5.31. The summed E-state index contributed by atoms with van der Waals surface area (Å²) < 4.78 is 19.9. The van der Waals surface area contributed by atoms with E-state index in [1.165, 1.54) is 11.0 Å². The summed E-state index contributed by atoms with van der Waals surface area (Å²) in [4.78, 5) is 27.0. The molecule has 0 spiro atoms. The van der Waals surface area contributed by atoms with E-state index in [1.807, 2.05) is 39.8 Å². The SMILES string of the molecule is CC[C@H](C)NC(=O)[C@H](C)N(Cc1ccccc1F)C(=O)COc1ccc(C)c(C)c1. The van der Waals surface area contributed by atoms with Crippen LogP contribution >= 0.6 is 0 Å². The van der Waals surface area contributed by atoms with Crippen LogP contribution in [-0.2, 0) is 16.1 Å². The Hall–Kier alpha value is -2.89. The standard InChI is InChI=1S/C24H31FN2O3/c1-6-18(4)26-24(29)19(5)27(14-20-9-7-8-10-22(20)25)23(28)15-30-21-12-11-16(2)17(3)13-21/h7-13,18-19H,6,14-15H2,1-5H3,(H,26,29)/t18-,19-/m0/s1. The van der Waals surface area contributed by atoms with E-state index in [2.05, 4.69) is 5.32 Å². The minimum atomic E-state index is -0.769. The second kappa shape index (κ2) is 10.8. The van der Waals surface area contributed by atoms with Gasteiger partial charge >= 0.3 is 0 Å². The Morgan fingerprint density at radius 1 is 1.10 bits per heavy atom. The first-order valence-electron chi connectivity index (χ1n) is 10.3. The molecule has 0 saturated carbocycles. The number of hydrogen-bond acceptors (Lipinski definition) is 3. The van der Waals surface area contributed by atoms with Gasteiger partial charge in [-0.25, -0.2) is 4.39 Å². The first kappa shape index (κ1) is 23.4. The van der Waals surface area contributed by atoms with Gasteiger partial charge in [0.2, 0.25) is 5.91 Å². The Balaban J connectivity index is 2.18. The summed E-state index contributed by atoms with van der Waals surface area (Å²) in [5.74, 6) is -0.502. The normalized spacial score (nSPS) is 12.7. The second-order valence-electron chi connectivity index (χ2n) is 7.64. The lowest BCUT2D eigenvalue weighted by Gasteiger charge is -2.29. The molecule has 0 bridgehead atoms. The molecule has 162 valence electrons. The quantitative estimate of drug-likeness (QED) is 0.671. The zero-order chi connectivity index (χ0) is 22.3. The van der Waals surface area contributed by atoms with Gasteiger partial charge in [-0.1, -0.05) is 31.2 Å². The smallest absolute Gasteiger partial charge is 0.261 e. The van der Waals surface area contributed by atoms with Crippen LogP contribution in [0.4, 0.5) is 4.39 Å². The number of amides is 2. The van der Waals surface area contributed by atoms with Crippen LogP contribution in [0.2, 0.25) is 0 Å². The summed E-state index contributed by atoms with van der Waals surface area (Å²) in [7, 11) is 0. The molecule has 0 fully saturated rings. The number of aryl methyl sites for hydroxylation is 2. The number of benzene rings is 2. The van der Waals surface area contributed by atoms with E-state index in [9.17, 15) is 14.0 Å². The molecule has 0 radical (unpaired) electrons. The number of carbonyl (C=O) groups is 2. The van der Waals surface area contributed by atoms with Crippen molar-refractivity contribution in [3.8, 4) is 5.75 Å². The highest BCUT2D eigenvalue weighted by Gasteiger charge is 2.27. The van der Waals surface area contributed by atoms with Crippen molar-refractivity contribution >= 4 is 11.8 Å². The minimum absolute atomic E-state index is 0.0165. The molecule has 2 amide bonds. The van der Waals surface area contributed by atoms with Crippen LogP contribution in [0.1, 0.15) is 43.9 Å². The first-order chi connectivity index (χ1) is 14.2. The van der Waals surface area contributed by atoms with Crippen molar-refractivity contribution in [1.29, 1.82) is 0 Å². The number of carbonyl (C=O) groups excluding carboxylic acids is 2. The van der Waals surface area contributed by atoms with Crippen molar-refractivity contribution in [2.75, 3.05) is 6.61 Å². The molecule has 1 N–H and O–H groups in total. The number of ether oxygens (including phenoxy) is 1. The molecule has 2 aromatic carbocycles. The topological polar surface area (TPSA) is 58.6 Å². The second-order valence-corrected chi connectivity index (χ2v) is 7.64. The lowest BCUT2D eigenvalue weighted by molar-refractivity contribution is -0.142. The molecule has 0 heterocycles. The lowest BCUT2D eigenvalue weighted by Crippen LogP contribution is -2.50. The Bertz CT molecular complexity index is 885. The molecular formula is C24H31FN2O3. The summed E-state index contributed by atoms with van der Waals surface area (Å²) in [5, 5.41) is 2.89. The Kier molecular flexibility index (Phi) is 8.39. The van der Waals surface area contributed by atoms with Crippen LogP contribution < -0.4 is 10.1 Å². The van der Waals surface area contributed by atoms with Gasteiger partial charge in [-0.15, -0.1) is 0 Å². The fourth-order valence-corrected chi connectivity index (χ4v) is 2.89. The molecule has 5 nitrogen and oxygen atoms in total. The van der Waals surface area contributed by atoms with E-state index in [-0.39, 0.29) is 31.0 Å². The van der Waals surface area contributed by atoms with Crippen molar-refractivity contribution in [2.45, 2.75) is 59.7 Å².